The highest BCUT2D eigenvalue weighted by atomic mass is 35.5. The fraction of sp³-hybridized carbons (Fsp3) is 0.292. The zero-order valence-electron chi connectivity index (χ0n) is 17.8. The molecule has 0 saturated carbocycles. The molecule has 1 aliphatic heterocycles. The standard InChI is InChI=1S/C24H25ClN4O2/c1-24(2,3)17-7-4-6-15(10-17)20-13-21(27-23(31)16-11-22(30)26-14-16)28-29(20)19-9-5-8-18(25)12-19/h4-10,12-13,16H,11,14H2,1-3H3,(H,26,30)(H,27,28,31)/t16-/m1/s1. The summed E-state index contributed by atoms with van der Waals surface area (Å²) in [4.78, 5) is 24.1. The first-order chi connectivity index (χ1) is 14.7. The van der Waals surface area contributed by atoms with Crippen molar-refractivity contribution >= 4 is 29.2 Å². The van der Waals surface area contributed by atoms with Gasteiger partial charge in [0.1, 0.15) is 0 Å². The quantitative estimate of drug-likeness (QED) is 0.629. The molecule has 0 aliphatic carbocycles. The minimum Gasteiger partial charge on any atom is -0.355 e. The number of nitrogens with one attached hydrogen (secondary N) is 2. The van der Waals surface area contributed by atoms with E-state index in [9.17, 15) is 9.59 Å². The maximum atomic E-state index is 12.6. The molecule has 0 radical (unpaired) electrons. The molecule has 3 aromatic rings. The number of nitrogens with zero attached hydrogens (tertiary/aromatic N) is 2. The number of carbonyl (C=O) groups is 2. The maximum absolute atomic E-state index is 12.6. The van der Waals surface area contributed by atoms with Gasteiger partial charge in [-0.2, -0.15) is 0 Å². The Balaban J connectivity index is 1.74. The molecule has 2 N–H and O–H groups in total. The van der Waals surface area contributed by atoms with Crippen molar-refractivity contribution in [2.24, 2.45) is 5.92 Å². The summed E-state index contributed by atoms with van der Waals surface area (Å²) in [6, 6.07) is 17.6. The molecule has 1 aliphatic rings. The van der Waals surface area contributed by atoms with Crippen LogP contribution in [0.2, 0.25) is 5.02 Å². The molecule has 1 fully saturated rings. The minimum atomic E-state index is -0.392. The van der Waals surface area contributed by atoms with Gasteiger partial charge < -0.3 is 10.6 Å². The maximum Gasteiger partial charge on any atom is 0.230 e. The Labute approximate surface area is 186 Å². The Kier molecular flexibility index (Phi) is 5.58. The molecule has 2 heterocycles. The van der Waals surface area contributed by atoms with Crippen molar-refractivity contribution in [1.29, 1.82) is 0 Å². The van der Waals surface area contributed by atoms with E-state index in [1.807, 2.05) is 36.4 Å². The van der Waals surface area contributed by atoms with Gasteiger partial charge in [-0.3, -0.25) is 9.59 Å². The molecule has 2 aromatic carbocycles. The van der Waals surface area contributed by atoms with Crippen LogP contribution in [-0.4, -0.2) is 28.1 Å². The van der Waals surface area contributed by atoms with Crippen molar-refractivity contribution < 1.29 is 9.59 Å². The third kappa shape index (κ3) is 4.64. The van der Waals surface area contributed by atoms with Gasteiger partial charge in [-0.05, 0) is 35.2 Å². The molecule has 160 valence electrons. The van der Waals surface area contributed by atoms with Crippen molar-refractivity contribution in [1.82, 2.24) is 15.1 Å². The summed E-state index contributed by atoms with van der Waals surface area (Å²) in [5.74, 6) is -0.287. The average Bonchev–Trinajstić information content (AvgIpc) is 3.34. The monoisotopic (exact) mass is 436 g/mol. The average molecular weight is 437 g/mol. The number of hydrogen-bond acceptors (Lipinski definition) is 3. The number of benzene rings is 2. The summed E-state index contributed by atoms with van der Waals surface area (Å²) in [6.07, 6.45) is 0.196. The van der Waals surface area contributed by atoms with Gasteiger partial charge in [0.2, 0.25) is 11.8 Å². The second kappa shape index (κ2) is 8.19. The number of amides is 2. The van der Waals surface area contributed by atoms with Crippen LogP contribution in [0, 0.1) is 5.92 Å². The molecule has 0 bridgehead atoms. The van der Waals surface area contributed by atoms with E-state index in [1.165, 1.54) is 5.56 Å². The SMILES string of the molecule is CC(C)(C)c1cccc(-c2cc(NC(=O)[C@H]3CNC(=O)C3)nn2-c2cccc(Cl)c2)c1. The molecule has 0 unspecified atom stereocenters. The van der Waals surface area contributed by atoms with E-state index in [0.29, 0.717) is 17.4 Å². The topological polar surface area (TPSA) is 76.0 Å². The second-order valence-corrected chi connectivity index (χ2v) is 9.27. The number of halogens is 1. The van der Waals surface area contributed by atoms with Gasteiger partial charge in [0, 0.05) is 29.6 Å². The van der Waals surface area contributed by atoms with Crippen LogP contribution in [-0.2, 0) is 15.0 Å². The van der Waals surface area contributed by atoms with Crippen LogP contribution in [0.5, 0.6) is 0 Å². The zero-order valence-corrected chi connectivity index (χ0v) is 18.5. The molecule has 6 nitrogen and oxygen atoms in total. The Morgan fingerprint density at radius 1 is 1.16 bits per heavy atom. The van der Waals surface area contributed by atoms with E-state index in [2.05, 4.69) is 48.6 Å². The highest BCUT2D eigenvalue weighted by Crippen LogP contribution is 2.31. The van der Waals surface area contributed by atoms with E-state index in [1.54, 1.807) is 10.7 Å². The normalized spacial score (nSPS) is 16.3. The van der Waals surface area contributed by atoms with Crippen LogP contribution in [0.15, 0.2) is 54.6 Å². The van der Waals surface area contributed by atoms with Gasteiger partial charge in [0.15, 0.2) is 5.82 Å². The molecule has 0 spiro atoms. The zero-order chi connectivity index (χ0) is 22.2. The summed E-state index contributed by atoms with van der Waals surface area (Å²) in [5.41, 5.74) is 3.81. The van der Waals surface area contributed by atoms with Crippen molar-refractivity contribution in [3.8, 4) is 16.9 Å². The fourth-order valence-electron chi connectivity index (χ4n) is 3.62. The van der Waals surface area contributed by atoms with E-state index in [0.717, 1.165) is 16.9 Å². The summed E-state index contributed by atoms with van der Waals surface area (Å²) >= 11 is 6.22. The Bertz CT molecular complexity index is 1150. The van der Waals surface area contributed by atoms with E-state index < -0.39 is 5.92 Å². The third-order valence-corrected chi connectivity index (χ3v) is 5.62. The Morgan fingerprint density at radius 3 is 2.61 bits per heavy atom. The first-order valence-corrected chi connectivity index (χ1v) is 10.6. The van der Waals surface area contributed by atoms with E-state index in [4.69, 9.17) is 11.6 Å². The van der Waals surface area contributed by atoms with Crippen LogP contribution in [0.4, 0.5) is 5.82 Å². The molecule has 31 heavy (non-hydrogen) atoms. The van der Waals surface area contributed by atoms with Gasteiger partial charge in [0.05, 0.1) is 17.3 Å². The van der Waals surface area contributed by atoms with Crippen LogP contribution in [0.3, 0.4) is 0 Å². The minimum absolute atomic E-state index is 0.00399. The lowest BCUT2D eigenvalue weighted by atomic mass is 9.86. The van der Waals surface area contributed by atoms with Gasteiger partial charge in [-0.1, -0.05) is 56.6 Å². The van der Waals surface area contributed by atoms with Crippen molar-refractivity contribution in [3.63, 3.8) is 0 Å². The summed E-state index contributed by atoms with van der Waals surface area (Å²) in [5, 5.41) is 10.8. The molecule has 2 amide bonds. The predicted octanol–water partition coefficient (Wildman–Crippen LogP) is 4.56. The van der Waals surface area contributed by atoms with Crippen LogP contribution in [0.25, 0.3) is 16.9 Å². The largest absolute Gasteiger partial charge is 0.355 e. The summed E-state index contributed by atoms with van der Waals surface area (Å²) in [7, 11) is 0. The van der Waals surface area contributed by atoms with Crippen molar-refractivity contribution in [3.05, 3.63) is 65.2 Å². The van der Waals surface area contributed by atoms with Crippen LogP contribution >= 0.6 is 11.6 Å². The predicted molar refractivity (Wildman–Crippen MR) is 122 cm³/mol. The molecule has 1 atom stereocenters. The van der Waals surface area contributed by atoms with Crippen molar-refractivity contribution in [2.45, 2.75) is 32.6 Å². The second-order valence-electron chi connectivity index (χ2n) is 8.83. The highest BCUT2D eigenvalue weighted by molar-refractivity contribution is 6.30. The number of anilines is 1. The van der Waals surface area contributed by atoms with Crippen molar-refractivity contribution in [2.75, 3.05) is 11.9 Å². The van der Waals surface area contributed by atoms with Gasteiger partial charge in [-0.25, -0.2) is 4.68 Å². The smallest absolute Gasteiger partial charge is 0.230 e. The molecule has 1 aromatic heterocycles. The summed E-state index contributed by atoms with van der Waals surface area (Å²) < 4.78 is 1.78. The third-order valence-electron chi connectivity index (χ3n) is 5.39. The van der Waals surface area contributed by atoms with E-state index in [-0.39, 0.29) is 23.7 Å². The highest BCUT2D eigenvalue weighted by Gasteiger charge is 2.28. The first-order valence-electron chi connectivity index (χ1n) is 10.3. The van der Waals surface area contributed by atoms with E-state index >= 15 is 0 Å². The molecule has 1 saturated heterocycles. The fourth-order valence-corrected chi connectivity index (χ4v) is 3.80. The van der Waals surface area contributed by atoms with Gasteiger partial charge in [-0.15, -0.1) is 5.10 Å². The lowest BCUT2D eigenvalue weighted by Gasteiger charge is -2.20. The number of aromatic nitrogens is 2. The molecule has 4 rings (SSSR count). The van der Waals surface area contributed by atoms with Gasteiger partial charge >= 0.3 is 0 Å². The van der Waals surface area contributed by atoms with Gasteiger partial charge in [0.25, 0.3) is 0 Å². The lowest BCUT2D eigenvalue weighted by molar-refractivity contribution is -0.123. The van der Waals surface area contributed by atoms with Crippen LogP contribution in [0.1, 0.15) is 32.8 Å². The number of carbonyl (C=O) groups excluding carboxylic acids is 2. The number of rotatable bonds is 4. The summed E-state index contributed by atoms with van der Waals surface area (Å²) in [6.45, 7) is 6.86. The molecule has 7 heteroatoms. The molecular formula is C24H25ClN4O2. The number of hydrogen-bond donors (Lipinski definition) is 2. The Morgan fingerprint density at radius 2 is 1.94 bits per heavy atom. The Hall–Kier alpha value is -3.12. The molecular weight excluding hydrogens is 412 g/mol. The first kappa shape index (κ1) is 21.1. The van der Waals surface area contributed by atoms with Crippen LogP contribution < -0.4 is 10.6 Å². The lowest BCUT2D eigenvalue weighted by Crippen LogP contribution is -2.24.